The van der Waals surface area contributed by atoms with Crippen molar-refractivity contribution in [1.29, 1.82) is 0 Å². The Morgan fingerprint density at radius 2 is 1.50 bits per heavy atom. The van der Waals surface area contributed by atoms with E-state index < -0.39 is 40.5 Å². The minimum atomic E-state index is -1.47. The quantitative estimate of drug-likeness (QED) is 0.270. The molecule has 6 N–H and O–H groups in total. The third kappa shape index (κ3) is 3.93. The van der Waals surface area contributed by atoms with Gasteiger partial charge in [0.25, 0.3) is 0 Å². The molecule has 0 unspecified atom stereocenters. The van der Waals surface area contributed by atoms with Crippen molar-refractivity contribution < 1.29 is 40.2 Å². The Morgan fingerprint density at radius 1 is 0.846 bits per heavy atom. The zero-order chi connectivity index (χ0) is 19.4. The van der Waals surface area contributed by atoms with Gasteiger partial charge in [0, 0.05) is 11.6 Å². The van der Waals surface area contributed by atoms with Crippen molar-refractivity contribution in [3.05, 3.63) is 53.1 Å². The fraction of sp³-hybridized carbons (Fsp3) is 0. The summed E-state index contributed by atoms with van der Waals surface area (Å²) in [5.41, 5.74) is -0.538. The second-order valence-electron chi connectivity index (χ2n) is 5.18. The van der Waals surface area contributed by atoms with Gasteiger partial charge in [0.1, 0.15) is 0 Å². The summed E-state index contributed by atoms with van der Waals surface area (Å²) in [5.74, 6) is -4.96. The standard InChI is InChI=1S/C18H14O8/c19-12-4-1-9(8-14(12)21)7-11(18(25)26)16-10(3-6-15(22)23)2-5-13(20)17(16)24/h1-8,19-21,24H,(H,22,23)(H,25,26)/b6-3+,11-7?. The molecular formula is C18H14O8. The number of aromatic hydroxyl groups is 4. The molecule has 26 heavy (non-hydrogen) atoms. The highest BCUT2D eigenvalue weighted by Crippen LogP contribution is 2.38. The van der Waals surface area contributed by atoms with Gasteiger partial charge in [-0.2, -0.15) is 0 Å². The van der Waals surface area contributed by atoms with Gasteiger partial charge in [-0.05, 0) is 41.5 Å². The summed E-state index contributed by atoms with van der Waals surface area (Å²) in [6.45, 7) is 0. The van der Waals surface area contributed by atoms with Crippen LogP contribution in [0.25, 0.3) is 17.7 Å². The predicted molar refractivity (Wildman–Crippen MR) is 91.7 cm³/mol. The minimum absolute atomic E-state index is 0.0411. The fourth-order valence-electron chi connectivity index (χ4n) is 2.22. The number of aliphatic carboxylic acids is 2. The van der Waals surface area contributed by atoms with E-state index in [-0.39, 0.29) is 16.7 Å². The number of benzene rings is 2. The number of carboxylic acid groups (broad SMARTS) is 2. The first-order valence-electron chi connectivity index (χ1n) is 7.14. The summed E-state index contributed by atoms with van der Waals surface area (Å²) in [7, 11) is 0. The molecule has 0 heterocycles. The average molecular weight is 358 g/mol. The van der Waals surface area contributed by atoms with Crippen molar-refractivity contribution in [2.24, 2.45) is 0 Å². The molecule has 0 aliphatic heterocycles. The van der Waals surface area contributed by atoms with E-state index in [4.69, 9.17) is 5.11 Å². The van der Waals surface area contributed by atoms with E-state index in [9.17, 15) is 35.1 Å². The van der Waals surface area contributed by atoms with Gasteiger partial charge < -0.3 is 30.6 Å². The molecule has 0 bridgehead atoms. The molecule has 0 saturated carbocycles. The van der Waals surface area contributed by atoms with Crippen molar-refractivity contribution in [1.82, 2.24) is 0 Å². The van der Waals surface area contributed by atoms with Gasteiger partial charge >= 0.3 is 11.9 Å². The van der Waals surface area contributed by atoms with Crippen LogP contribution in [0.2, 0.25) is 0 Å². The first-order valence-corrected chi connectivity index (χ1v) is 7.14. The number of carbonyl (C=O) groups is 2. The van der Waals surface area contributed by atoms with E-state index in [1.54, 1.807) is 0 Å². The van der Waals surface area contributed by atoms with Crippen LogP contribution in [-0.2, 0) is 9.59 Å². The molecule has 2 aromatic rings. The molecule has 2 rings (SSSR count). The van der Waals surface area contributed by atoms with E-state index in [1.807, 2.05) is 0 Å². The summed E-state index contributed by atoms with van der Waals surface area (Å²) in [4.78, 5) is 22.4. The largest absolute Gasteiger partial charge is 0.504 e. The number of phenols is 4. The topological polar surface area (TPSA) is 156 Å². The molecule has 2 aromatic carbocycles. The van der Waals surface area contributed by atoms with Gasteiger partial charge in [-0.1, -0.05) is 12.1 Å². The van der Waals surface area contributed by atoms with Crippen LogP contribution in [0.4, 0.5) is 0 Å². The van der Waals surface area contributed by atoms with Crippen LogP contribution in [-0.4, -0.2) is 42.6 Å². The van der Waals surface area contributed by atoms with E-state index >= 15 is 0 Å². The normalized spacial score (nSPS) is 11.6. The van der Waals surface area contributed by atoms with Gasteiger partial charge in [-0.25, -0.2) is 9.59 Å². The molecule has 0 saturated heterocycles. The average Bonchev–Trinajstić information content (AvgIpc) is 2.57. The maximum absolute atomic E-state index is 11.7. The highest BCUT2D eigenvalue weighted by molar-refractivity contribution is 6.22. The molecule has 0 aliphatic carbocycles. The summed E-state index contributed by atoms with van der Waals surface area (Å²) < 4.78 is 0. The smallest absolute Gasteiger partial charge is 0.336 e. The van der Waals surface area contributed by atoms with E-state index in [2.05, 4.69) is 0 Å². The zero-order valence-electron chi connectivity index (χ0n) is 13.1. The first-order chi connectivity index (χ1) is 12.2. The lowest BCUT2D eigenvalue weighted by Gasteiger charge is -2.11. The van der Waals surface area contributed by atoms with Crippen molar-refractivity contribution in [3.63, 3.8) is 0 Å². The van der Waals surface area contributed by atoms with Gasteiger partial charge in [-0.3, -0.25) is 0 Å². The summed E-state index contributed by atoms with van der Waals surface area (Å²) >= 11 is 0. The molecule has 0 atom stereocenters. The van der Waals surface area contributed by atoms with Gasteiger partial charge in [0.15, 0.2) is 23.0 Å². The van der Waals surface area contributed by atoms with E-state index in [0.29, 0.717) is 0 Å². The second-order valence-corrected chi connectivity index (χ2v) is 5.18. The van der Waals surface area contributed by atoms with E-state index in [0.717, 1.165) is 36.4 Å². The SMILES string of the molecule is O=C(O)/C=C/c1ccc(O)c(O)c1C(=Cc1ccc(O)c(O)c1)C(=O)O. The molecular weight excluding hydrogens is 344 g/mol. The Labute approximate surface area is 146 Å². The van der Waals surface area contributed by atoms with Crippen LogP contribution < -0.4 is 0 Å². The molecule has 0 radical (unpaired) electrons. The number of hydrogen-bond acceptors (Lipinski definition) is 6. The molecule has 8 nitrogen and oxygen atoms in total. The highest BCUT2D eigenvalue weighted by atomic mass is 16.4. The van der Waals surface area contributed by atoms with Gasteiger partial charge in [0.05, 0.1) is 5.57 Å². The Morgan fingerprint density at radius 3 is 2.08 bits per heavy atom. The number of hydrogen-bond donors (Lipinski definition) is 6. The lowest BCUT2D eigenvalue weighted by atomic mass is 9.95. The molecule has 8 heteroatoms. The molecule has 0 spiro atoms. The van der Waals surface area contributed by atoms with Crippen LogP contribution in [0.1, 0.15) is 16.7 Å². The molecule has 0 aliphatic rings. The van der Waals surface area contributed by atoms with Crippen LogP contribution in [0, 0.1) is 0 Å². The van der Waals surface area contributed by atoms with Crippen molar-refractivity contribution in [2.45, 2.75) is 0 Å². The van der Waals surface area contributed by atoms with E-state index in [1.165, 1.54) is 12.1 Å². The van der Waals surface area contributed by atoms with Gasteiger partial charge in [-0.15, -0.1) is 0 Å². The third-order valence-electron chi connectivity index (χ3n) is 3.40. The Balaban J connectivity index is 2.72. The second kappa shape index (κ2) is 7.31. The van der Waals surface area contributed by atoms with Crippen LogP contribution in [0.15, 0.2) is 36.4 Å². The Hall–Kier alpha value is -3.94. The molecule has 0 fully saturated rings. The lowest BCUT2D eigenvalue weighted by molar-refractivity contribution is -0.131. The lowest BCUT2D eigenvalue weighted by Crippen LogP contribution is -2.02. The summed E-state index contributed by atoms with van der Waals surface area (Å²) in [5, 5.41) is 56.9. The Kier molecular flexibility index (Phi) is 5.17. The number of rotatable bonds is 5. The van der Waals surface area contributed by atoms with Crippen LogP contribution in [0.3, 0.4) is 0 Å². The Bertz CT molecular complexity index is 940. The highest BCUT2D eigenvalue weighted by Gasteiger charge is 2.21. The number of phenolic OH excluding ortho intramolecular Hbond substituents is 4. The molecule has 134 valence electrons. The van der Waals surface area contributed by atoms with Crippen molar-refractivity contribution in [2.75, 3.05) is 0 Å². The summed E-state index contributed by atoms with van der Waals surface area (Å²) in [6.07, 6.45) is 2.91. The summed E-state index contributed by atoms with van der Waals surface area (Å²) in [6, 6.07) is 5.91. The third-order valence-corrected chi connectivity index (χ3v) is 3.40. The monoisotopic (exact) mass is 358 g/mol. The van der Waals surface area contributed by atoms with Gasteiger partial charge in [0.2, 0.25) is 0 Å². The van der Waals surface area contributed by atoms with Crippen LogP contribution >= 0.6 is 0 Å². The minimum Gasteiger partial charge on any atom is -0.504 e. The maximum atomic E-state index is 11.7. The zero-order valence-corrected chi connectivity index (χ0v) is 13.1. The van der Waals surface area contributed by atoms with Crippen molar-refractivity contribution in [3.8, 4) is 23.0 Å². The maximum Gasteiger partial charge on any atom is 0.336 e. The number of carboxylic acids is 2. The first kappa shape index (κ1) is 18.4. The predicted octanol–water partition coefficient (Wildman–Crippen LogP) is 2.23. The van der Waals surface area contributed by atoms with Crippen LogP contribution in [0.5, 0.6) is 23.0 Å². The van der Waals surface area contributed by atoms with Crippen molar-refractivity contribution >= 4 is 29.7 Å². The molecule has 0 aromatic heterocycles. The fourth-order valence-corrected chi connectivity index (χ4v) is 2.22. The molecule has 0 amide bonds.